The van der Waals surface area contributed by atoms with E-state index in [9.17, 15) is 5.11 Å². The van der Waals surface area contributed by atoms with Crippen molar-refractivity contribution in [2.75, 3.05) is 0 Å². The molecule has 10 aromatic carbocycles. The van der Waals surface area contributed by atoms with Gasteiger partial charge in [-0.2, -0.15) is 0 Å². The molecule has 1 N–H and O–H groups in total. The van der Waals surface area contributed by atoms with E-state index in [-0.39, 0.29) is 16.6 Å². The minimum Gasteiger partial charge on any atom is -0.507 e. The maximum Gasteiger partial charge on any atom is 0.149 e. The maximum absolute atomic E-state index is 12.9. The van der Waals surface area contributed by atoms with Gasteiger partial charge in [-0.25, -0.2) is 4.98 Å². The third-order valence-corrected chi connectivity index (χ3v) is 17.3. The van der Waals surface area contributed by atoms with Crippen LogP contribution in [0.2, 0.25) is 0 Å². The van der Waals surface area contributed by atoms with Crippen LogP contribution in [0.3, 0.4) is 0 Å². The molecule has 1 saturated carbocycles. The lowest BCUT2D eigenvalue weighted by Crippen LogP contribution is -2.25. The largest absolute Gasteiger partial charge is 0.507 e. The molecule has 1 aliphatic carbocycles. The number of rotatable bonds is 13. The number of phenols is 1. The smallest absolute Gasteiger partial charge is 0.149 e. The van der Waals surface area contributed by atoms with Gasteiger partial charge in [0.05, 0.1) is 28.0 Å². The van der Waals surface area contributed by atoms with Crippen molar-refractivity contribution in [3.63, 3.8) is 0 Å². The average molecular weight is 1060 g/mol. The van der Waals surface area contributed by atoms with Crippen molar-refractivity contribution in [1.29, 1.82) is 0 Å². The van der Waals surface area contributed by atoms with Crippen LogP contribution in [0.1, 0.15) is 81.2 Å². The number of para-hydroxylation sites is 1. The lowest BCUT2D eigenvalue weighted by atomic mass is 9.71. The Hall–Kier alpha value is -9.38. The molecule has 0 unspecified atom stereocenters. The highest BCUT2D eigenvalue weighted by molar-refractivity contribution is 5.99. The summed E-state index contributed by atoms with van der Waals surface area (Å²) in [5.74, 6) is 1.57. The topological polar surface area (TPSA) is 50.9 Å². The molecule has 12 aromatic rings. The molecule has 0 saturated heterocycles. The fourth-order valence-corrected chi connectivity index (χ4v) is 12.7. The SMILES string of the molecule is CC(C)(C)c1cc(-c2ccccc2)c(O)c(-c2nc3c(-c4cc(-c5ccccc5)cc(-c5cc(-c6ccc(C(C)(c7ccccc7)c7ccccc7)cc6)ccn5)c4)cccc3n2-c2ccc(CC3CCCC3)cc2-c2ccccc2)c1. The van der Waals surface area contributed by atoms with Crippen LogP contribution in [-0.2, 0) is 17.3 Å². The summed E-state index contributed by atoms with van der Waals surface area (Å²) in [6.07, 6.45) is 8.17. The summed E-state index contributed by atoms with van der Waals surface area (Å²) in [6.45, 7) is 9.04. The first-order chi connectivity index (χ1) is 40.1. The molecule has 1 fully saturated rings. The first-order valence-electron chi connectivity index (χ1n) is 29.1. The Kier molecular flexibility index (Phi) is 13.9. The van der Waals surface area contributed by atoms with Crippen LogP contribution in [0.4, 0.5) is 0 Å². The lowest BCUT2D eigenvalue weighted by molar-refractivity contribution is 0.477. The van der Waals surface area contributed by atoms with Gasteiger partial charge in [0, 0.05) is 33.9 Å². The Morgan fingerprint density at radius 2 is 0.976 bits per heavy atom. The summed E-state index contributed by atoms with van der Waals surface area (Å²) >= 11 is 0. The molecule has 2 heterocycles. The second kappa shape index (κ2) is 21.9. The molecule has 0 radical (unpaired) electrons. The summed E-state index contributed by atoms with van der Waals surface area (Å²) in [4.78, 5) is 10.9. The van der Waals surface area contributed by atoms with Crippen molar-refractivity contribution in [3.8, 4) is 89.7 Å². The van der Waals surface area contributed by atoms with E-state index >= 15 is 0 Å². The third-order valence-electron chi connectivity index (χ3n) is 17.3. The number of benzene rings is 10. The first-order valence-corrected chi connectivity index (χ1v) is 29.1. The van der Waals surface area contributed by atoms with E-state index in [1.165, 1.54) is 47.9 Å². The van der Waals surface area contributed by atoms with E-state index in [0.717, 1.165) is 95.6 Å². The lowest BCUT2D eigenvalue weighted by Gasteiger charge is -2.32. The molecule has 4 heteroatoms. The third kappa shape index (κ3) is 10.0. The molecule has 0 aliphatic heterocycles. The molecule has 0 atom stereocenters. The number of pyridine rings is 1. The highest BCUT2D eigenvalue weighted by atomic mass is 16.3. The Morgan fingerprint density at radius 3 is 1.61 bits per heavy atom. The Labute approximate surface area is 483 Å². The predicted octanol–water partition coefficient (Wildman–Crippen LogP) is 20.2. The van der Waals surface area contributed by atoms with Gasteiger partial charge < -0.3 is 5.11 Å². The van der Waals surface area contributed by atoms with Crippen LogP contribution in [-0.4, -0.2) is 19.6 Å². The van der Waals surface area contributed by atoms with Gasteiger partial charge >= 0.3 is 0 Å². The molecule has 4 nitrogen and oxygen atoms in total. The Balaban J connectivity index is 0.996. The van der Waals surface area contributed by atoms with Crippen LogP contribution in [0.25, 0.3) is 95.0 Å². The Bertz CT molecular complexity index is 4170. The molecule has 0 amide bonds. The molecule has 1 aliphatic rings. The van der Waals surface area contributed by atoms with Gasteiger partial charge in [0.1, 0.15) is 11.6 Å². The van der Waals surface area contributed by atoms with Crippen molar-refractivity contribution in [2.24, 2.45) is 5.92 Å². The van der Waals surface area contributed by atoms with Crippen LogP contribution in [0, 0.1) is 5.92 Å². The van der Waals surface area contributed by atoms with Gasteiger partial charge in [0.15, 0.2) is 0 Å². The zero-order valence-corrected chi connectivity index (χ0v) is 47.2. The zero-order valence-electron chi connectivity index (χ0n) is 47.2. The Morgan fingerprint density at radius 1 is 0.427 bits per heavy atom. The highest BCUT2D eigenvalue weighted by Crippen LogP contribution is 2.47. The number of hydrogen-bond acceptors (Lipinski definition) is 3. The fraction of sp³-hybridized carbons (Fsp3) is 0.154. The number of hydrogen-bond donors (Lipinski definition) is 1. The van der Waals surface area contributed by atoms with Crippen molar-refractivity contribution < 1.29 is 5.11 Å². The molecule has 13 rings (SSSR count). The van der Waals surface area contributed by atoms with E-state index in [1.807, 2.05) is 24.4 Å². The standard InChI is InChI=1S/C78H67N3O/c1-77(2,3)66-51-69(58-29-14-7-15-30-58)75(82)70(52-66)76-80-74-67(35-22-36-73(74)81(76)72-42-37-54(45-53-23-20-21-24-53)46-68(72)57-27-12-6-13-28-57)61-47-60(55-25-10-5-11-26-55)48-62(49-61)71-50-59(43-44-79-71)56-38-40-65(41-39-56)78(4,63-31-16-8-17-32-63)64-33-18-9-19-34-64/h5-19,22,25-44,46-53,82H,20-21,23-24,45H2,1-4H3. The van der Waals surface area contributed by atoms with E-state index in [1.54, 1.807) is 0 Å². The minimum absolute atomic E-state index is 0.201. The number of nitrogens with zero attached hydrogens (tertiary/aromatic N) is 3. The van der Waals surface area contributed by atoms with Crippen LogP contribution in [0.15, 0.2) is 261 Å². The summed E-state index contributed by atoms with van der Waals surface area (Å²) in [7, 11) is 0. The van der Waals surface area contributed by atoms with Crippen molar-refractivity contribution in [3.05, 3.63) is 289 Å². The van der Waals surface area contributed by atoms with Crippen LogP contribution >= 0.6 is 0 Å². The summed E-state index contributed by atoms with van der Waals surface area (Å²) < 4.78 is 2.32. The monoisotopic (exact) mass is 1060 g/mol. The molecule has 400 valence electrons. The number of phenolic OH excluding ortho intramolecular Hbond substituents is 1. The zero-order chi connectivity index (χ0) is 55.8. The predicted molar refractivity (Wildman–Crippen MR) is 341 cm³/mol. The van der Waals surface area contributed by atoms with Crippen LogP contribution in [0.5, 0.6) is 5.75 Å². The van der Waals surface area contributed by atoms with E-state index in [0.29, 0.717) is 17.3 Å². The molecule has 0 spiro atoms. The average Bonchev–Trinajstić information content (AvgIpc) is 3.00. The minimum atomic E-state index is -0.344. The molecule has 2 aromatic heterocycles. The first kappa shape index (κ1) is 52.0. The van der Waals surface area contributed by atoms with Gasteiger partial charge in [-0.05, 0) is 152 Å². The molecule has 82 heavy (non-hydrogen) atoms. The highest BCUT2D eigenvalue weighted by Gasteiger charge is 2.32. The summed E-state index contributed by atoms with van der Waals surface area (Å²) in [5, 5.41) is 12.9. The van der Waals surface area contributed by atoms with Gasteiger partial charge in [-0.15, -0.1) is 0 Å². The normalized spacial score (nSPS) is 13.0. The number of imidazole rings is 1. The number of fused-ring (bicyclic) bond motifs is 1. The number of aromatic nitrogens is 3. The maximum atomic E-state index is 12.9. The molecular formula is C78H67N3O. The van der Waals surface area contributed by atoms with Crippen molar-refractivity contribution in [1.82, 2.24) is 14.5 Å². The van der Waals surface area contributed by atoms with E-state index in [2.05, 4.69) is 269 Å². The van der Waals surface area contributed by atoms with Gasteiger partial charge in [-0.3, -0.25) is 9.55 Å². The quantitative estimate of drug-likeness (QED) is 0.117. The van der Waals surface area contributed by atoms with Crippen molar-refractivity contribution >= 4 is 11.0 Å². The van der Waals surface area contributed by atoms with Gasteiger partial charge in [0.2, 0.25) is 0 Å². The second-order valence-electron chi connectivity index (χ2n) is 23.6. The fourth-order valence-electron chi connectivity index (χ4n) is 12.7. The summed E-state index contributed by atoms with van der Waals surface area (Å²) in [5.41, 5.74) is 21.3. The van der Waals surface area contributed by atoms with Gasteiger partial charge in [-0.1, -0.05) is 241 Å². The van der Waals surface area contributed by atoms with Crippen molar-refractivity contribution in [2.45, 2.75) is 70.6 Å². The van der Waals surface area contributed by atoms with Crippen LogP contribution < -0.4 is 0 Å². The van der Waals surface area contributed by atoms with Gasteiger partial charge in [0.25, 0.3) is 0 Å². The second-order valence-corrected chi connectivity index (χ2v) is 23.6. The molecule has 0 bridgehead atoms. The molecular weight excluding hydrogens is 995 g/mol. The van der Waals surface area contributed by atoms with E-state index < -0.39 is 0 Å². The number of aromatic hydroxyl groups is 1. The summed E-state index contributed by atoms with van der Waals surface area (Å²) in [6, 6.07) is 91.5. The van der Waals surface area contributed by atoms with E-state index in [4.69, 9.17) is 9.97 Å².